The van der Waals surface area contributed by atoms with Crippen LogP contribution in [0.3, 0.4) is 0 Å². The van der Waals surface area contributed by atoms with E-state index in [0.717, 1.165) is 19.6 Å². The van der Waals surface area contributed by atoms with Gasteiger partial charge in [0, 0.05) is 43.8 Å². The van der Waals surface area contributed by atoms with Crippen LogP contribution >= 0.6 is 0 Å². The molecule has 0 spiro atoms. The van der Waals surface area contributed by atoms with Crippen molar-refractivity contribution in [2.75, 3.05) is 24.5 Å². The second-order valence-corrected chi connectivity index (χ2v) is 3.96. The fourth-order valence-corrected chi connectivity index (χ4v) is 1.97. The van der Waals surface area contributed by atoms with E-state index in [4.69, 9.17) is 0 Å². The Labute approximate surface area is 85.1 Å². The smallest absolute Gasteiger partial charge is 0.0427 e. The molecular weight excluding hydrogens is 174 g/mol. The first-order valence-electron chi connectivity index (χ1n) is 5.16. The van der Waals surface area contributed by atoms with Crippen LogP contribution in [0.1, 0.15) is 12.5 Å². The lowest BCUT2D eigenvalue weighted by Crippen LogP contribution is -2.49. The summed E-state index contributed by atoms with van der Waals surface area (Å²) in [5.74, 6) is 0. The predicted octanol–water partition coefficient (Wildman–Crippen LogP) is 1.19. The number of anilines is 1. The molecule has 2 rings (SSSR count). The lowest BCUT2D eigenvalue weighted by Gasteiger charge is -2.34. The Hall–Kier alpha value is -1.09. The van der Waals surface area contributed by atoms with E-state index in [1.807, 2.05) is 12.4 Å². The quantitative estimate of drug-likeness (QED) is 0.722. The van der Waals surface area contributed by atoms with Crippen LogP contribution in [0, 0.1) is 6.92 Å². The number of rotatable bonds is 1. The molecule has 3 nitrogen and oxygen atoms in total. The van der Waals surface area contributed by atoms with E-state index in [1.165, 1.54) is 11.3 Å². The van der Waals surface area contributed by atoms with Gasteiger partial charge in [0.05, 0.1) is 0 Å². The van der Waals surface area contributed by atoms with Gasteiger partial charge in [-0.3, -0.25) is 4.98 Å². The minimum atomic E-state index is 0.580. The lowest BCUT2D eigenvalue weighted by atomic mass is 10.2. The summed E-state index contributed by atoms with van der Waals surface area (Å²) in [6.07, 6.45) is 3.80. The number of hydrogen-bond acceptors (Lipinski definition) is 3. The van der Waals surface area contributed by atoms with Crippen molar-refractivity contribution in [1.82, 2.24) is 10.3 Å². The number of piperazine rings is 1. The molecule has 0 amide bonds. The third-order valence-corrected chi connectivity index (χ3v) is 2.70. The van der Waals surface area contributed by atoms with Crippen LogP contribution in [0.5, 0.6) is 0 Å². The Kier molecular flexibility index (Phi) is 2.68. The van der Waals surface area contributed by atoms with E-state index in [-0.39, 0.29) is 0 Å². The fourth-order valence-electron chi connectivity index (χ4n) is 1.97. The molecule has 0 radical (unpaired) electrons. The third-order valence-electron chi connectivity index (χ3n) is 2.70. The second-order valence-electron chi connectivity index (χ2n) is 3.96. The maximum atomic E-state index is 4.12. The van der Waals surface area contributed by atoms with Gasteiger partial charge in [0.1, 0.15) is 0 Å². The van der Waals surface area contributed by atoms with Crippen LogP contribution in [0.25, 0.3) is 0 Å². The maximum Gasteiger partial charge on any atom is 0.0427 e. The first-order chi connectivity index (χ1) is 6.77. The van der Waals surface area contributed by atoms with Crippen molar-refractivity contribution >= 4 is 5.69 Å². The zero-order chi connectivity index (χ0) is 9.97. The summed E-state index contributed by atoms with van der Waals surface area (Å²) in [5, 5.41) is 3.44. The summed E-state index contributed by atoms with van der Waals surface area (Å²) in [5.41, 5.74) is 2.59. The molecule has 0 aromatic carbocycles. The molecule has 1 aromatic heterocycles. The minimum absolute atomic E-state index is 0.580. The van der Waals surface area contributed by atoms with E-state index < -0.39 is 0 Å². The molecule has 1 fully saturated rings. The van der Waals surface area contributed by atoms with E-state index >= 15 is 0 Å². The number of nitrogens with one attached hydrogen (secondary N) is 1. The highest BCUT2D eigenvalue weighted by Crippen LogP contribution is 2.19. The molecule has 1 saturated heterocycles. The molecule has 1 N–H and O–H groups in total. The molecule has 1 aromatic rings. The molecule has 0 saturated carbocycles. The Bertz CT molecular complexity index is 311. The van der Waals surface area contributed by atoms with Gasteiger partial charge in [-0.15, -0.1) is 0 Å². The average Bonchev–Trinajstić information content (AvgIpc) is 2.18. The number of nitrogens with zero attached hydrogens (tertiary/aromatic N) is 2. The zero-order valence-corrected chi connectivity index (χ0v) is 8.83. The molecule has 14 heavy (non-hydrogen) atoms. The van der Waals surface area contributed by atoms with Crippen molar-refractivity contribution in [1.29, 1.82) is 0 Å². The standard InChI is InChI=1S/C11H17N3/c1-9-7-12-4-3-11(9)14-6-5-13-10(2)8-14/h3-4,7,10,13H,5-6,8H2,1-2H3. The normalized spacial score (nSPS) is 22.4. The molecule has 1 aliphatic rings. The SMILES string of the molecule is Cc1cnccc1N1CCNC(C)C1. The van der Waals surface area contributed by atoms with E-state index in [1.54, 1.807) is 0 Å². The van der Waals surface area contributed by atoms with Crippen molar-refractivity contribution in [2.24, 2.45) is 0 Å². The number of hydrogen-bond donors (Lipinski definition) is 1. The summed E-state index contributed by atoms with van der Waals surface area (Å²) in [4.78, 5) is 6.55. The predicted molar refractivity (Wildman–Crippen MR) is 58.7 cm³/mol. The van der Waals surface area contributed by atoms with Gasteiger partial charge in [-0.1, -0.05) is 0 Å². The topological polar surface area (TPSA) is 28.2 Å². The van der Waals surface area contributed by atoms with Crippen LogP contribution in [-0.2, 0) is 0 Å². The average molecular weight is 191 g/mol. The Morgan fingerprint density at radius 2 is 2.43 bits per heavy atom. The lowest BCUT2D eigenvalue weighted by molar-refractivity contribution is 0.484. The van der Waals surface area contributed by atoms with Crippen LogP contribution < -0.4 is 10.2 Å². The van der Waals surface area contributed by atoms with Gasteiger partial charge in [-0.25, -0.2) is 0 Å². The third kappa shape index (κ3) is 1.87. The van der Waals surface area contributed by atoms with Crippen molar-refractivity contribution in [3.8, 4) is 0 Å². The van der Waals surface area contributed by atoms with Crippen LogP contribution in [0.15, 0.2) is 18.5 Å². The summed E-state index contributed by atoms with van der Waals surface area (Å²) in [6.45, 7) is 7.60. The highest BCUT2D eigenvalue weighted by Gasteiger charge is 2.16. The van der Waals surface area contributed by atoms with Gasteiger partial charge in [0.2, 0.25) is 0 Å². The van der Waals surface area contributed by atoms with Crippen molar-refractivity contribution < 1.29 is 0 Å². The summed E-state index contributed by atoms with van der Waals surface area (Å²) < 4.78 is 0. The Morgan fingerprint density at radius 3 is 3.14 bits per heavy atom. The van der Waals surface area contributed by atoms with Crippen molar-refractivity contribution in [3.63, 3.8) is 0 Å². The van der Waals surface area contributed by atoms with Gasteiger partial charge >= 0.3 is 0 Å². The van der Waals surface area contributed by atoms with Gasteiger partial charge in [0.25, 0.3) is 0 Å². The molecule has 0 aliphatic carbocycles. The molecule has 0 bridgehead atoms. The van der Waals surface area contributed by atoms with Gasteiger partial charge in [0.15, 0.2) is 0 Å². The minimum Gasteiger partial charge on any atom is -0.368 e. The summed E-state index contributed by atoms with van der Waals surface area (Å²) in [7, 11) is 0. The summed E-state index contributed by atoms with van der Waals surface area (Å²) in [6, 6.07) is 2.68. The first kappa shape index (κ1) is 9.46. The van der Waals surface area contributed by atoms with E-state index in [9.17, 15) is 0 Å². The van der Waals surface area contributed by atoms with Crippen LogP contribution in [0.2, 0.25) is 0 Å². The molecule has 3 heteroatoms. The second kappa shape index (κ2) is 3.96. The summed E-state index contributed by atoms with van der Waals surface area (Å²) >= 11 is 0. The van der Waals surface area contributed by atoms with E-state index in [0.29, 0.717) is 6.04 Å². The highest BCUT2D eigenvalue weighted by molar-refractivity contribution is 5.52. The first-order valence-corrected chi connectivity index (χ1v) is 5.16. The number of aryl methyl sites for hydroxylation is 1. The maximum absolute atomic E-state index is 4.12. The monoisotopic (exact) mass is 191 g/mol. The molecule has 2 heterocycles. The highest BCUT2D eigenvalue weighted by atomic mass is 15.2. The Morgan fingerprint density at radius 1 is 1.57 bits per heavy atom. The van der Waals surface area contributed by atoms with E-state index in [2.05, 4.69) is 35.1 Å². The van der Waals surface area contributed by atoms with Crippen LogP contribution in [0.4, 0.5) is 5.69 Å². The number of pyridine rings is 1. The van der Waals surface area contributed by atoms with Gasteiger partial charge in [-0.05, 0) is 25.5 Å². The van der Waals surface area contributed by atoms with Gasteiger partial charge < -0.3 is 10.2 Å². The molecule has 76 valence electrons. The van der Waals surface area contributed by atoms with Crippen molar-refractivity contribution in [3.05, 3.63) is 24.0 Å². The Balaban J connectivity index is 2.18. The molecular formula is C11H17N3. The zero-order valence-electron chi connectivity index (χ0n) is 8.83. The molecule has 1 atom stereocenters. The number of aromatic nitrogens is 1. The molecule has 1 aliphatic heterocycles. The van der Waals surface area contributed by atoms with Gasteiger partial charge in [-0.2, -0.15) is 0 Å². The van der Waals surface area contributed by atoms with Crippen molar-refractivity contribution in [2.45, 2.75) is 19.9 Å². The van der Waals surface area contributed by atoms with Crippen LogP contribution in [-0.4, -0.2) is 30.7 Å². The fraction of sp³-hybridized carbons (Fsp3) is 0.545. The molecule has 1 unspecified atom stereocenters. The largest absolute Gasteiger partial charge is 0.368 e.